The van der Waals surface area contributed by atoms with E-state index in [2.05, 4.69) is 18.8 Å². The molecule has 5 nitrogen and oxygen atoms in total. The van der Waals surface area contributed by atoms with Gasteiger partial charge in [0, 0.05) is 5.41 Å². The van der Waals surface area contributed by atoms with Gasteiger partial charge in [-0.3, -0.25) is 0 Å². The molecule has 1 aliphatic rings. The Bertz CT molecular complexity index is 825. The number of fused-ring (bicyclic) bond motifs is 1. The first-order valence-corrected chi connectivity index (χ1v) is 10.2. The lowest BCUT2D eigenvalue weighted by molar-refractivity contribution is -0.202. The van der Waals surface area contributed by atoms with Crippen molar-refractivity contribution in [1.82, 2.24) is 4.98 Å². The van der Waals surface area contributed by atoms with E-state index in [-0.39, 0.29) is 15.5 Å². The monoisotopic (exact) mass is 367 g/mol. The molecule has 2 heterocycles. The Balaban J connectivity index is 1.72. The van der Waals surface area contributed by atoms with Crippen molar-refractivity contribution in [2.45, 2.75) is 31.4 Å². The predicted molar refractivity (Wildman–Crippen MR) is 94.9 cm³/mol. The fourth-order valence-corrected chi connectivity index (χ4v) is 4.89. The second-order valence-corrected chi connectivity index (χ2v) is 10.0. The van der Waals surface area contributed by atoms with Crippen molar-refractivity contribution < 1.29 is 17.9 Å². The molecule has 0 atom stereocenters. The minimum Gasteiger partial charge on any atom is -0.348 e. The molecule has 0 N–H and O–H groups in total. The average molecular weight is 367 g/mol. The zero-order valence-electron chi connectivity index (χ0n) is 14.0. The molecule has 1 aromatic carbocycles. The van der Waals surface area contributed by atoms with Crippen LogP contribution in [0.3, 0.4) is 0 Å². The Morgan fingerprint density at radius 3 is 2.67 bits per heavy atom. The fraction of sp³-hybridized carbons (Fsp3) is 0.471. The number of thiazole rings is 1. The van der Waals surface area contributed by atoms with E-state index >= 15 is 0 Å². The molecule has 1 aromatic heterocycles. The van der Waals surface area contributed by atoms with Gasteiger partial charge in [-0.05, 0) is 24.6 Å². The molecule has 3 rings (SSSR count). The molecule has 130 valence electrons. The summed E-state index contributed by atoms with van der Waals surface area (Å²) in [5, 5.41) is 0. The number of hydrogen-bond donors (Lipinski definition) is 0. The Morgan fingerprint density at radius 2 is 2.00 bits per heavy atom. The molecule has 0 saturated carbocycles. The van der Waals surface area contributed by atoms with E-state index in [0.29, 0.717) is 18.7 Å². The van der Waals surface area contributed by atoms with Crippen molar-refractivity contribution in [1.29, 1.82) is 0 Å². The molecule has 1 fully saturated rings. The average Bonchev–Trinajstić information content (AvgIpc) is 2.98. The largest absolute Gasteiger partial charge is 0.348 e. The molecule has 0 aliphatic carbocycles. The van der Waals surface area contributed by atoms with E-state index in [1.54, 1.807) is 6.08 Å². The van der Waals surface area contributed by atoms with E-state index < -0.39 is 16.1 Å². The number of nitrogens with zero attached hydrogens (tertiary/aromatic N) is 1. The maximum absolute atomic E-state index is 12.5. The van der Waals surface area contributed by atoms with Crippen molar-refractivity contribution in [3.8, 4) is 0 Å². The van der Waals surface area contributed by atoms with Gasteiger partial charge in [0.05, 0.1) is 29.2 Å². The van der Waals surface area contributed by atoms with Crippen LogP contribution in [0, 0.1) is 5.41 Å². The van der Waals surface area contributed by atoms with Gasteiger partial charge in [-0.1, -0.05) is 32.1 Å². The SMILES string of the molecule is C/C(=C\CS(=O)(=O)c1nc2ccccc2s1)C1OCC(C)(C)CO1. The van der Waals surface area contributed by atoms with E-state index in [0.717, 1.165) is 10.3 Å². The second kappa shape index (κ2) is 6.55. The highest BCUT2D eigenvalue weighted by molar-refractivity contribution is 7.93. The van der Waals surface area contributed by atoms with Gasteiger partial charge in [-0.15, -0.1) is 11.3 Å². The number of benzene rings is 1. The number of para-hydroxylation sites is 1. The van der Waals surface area contributed by atoms with E-state index in [4.69, 9.17) is 9.47 Å². The van der Waals surface area contributed by atoms with Crippen molar-refractivity contribution in [3.05, 3.63) is 35.9 Å². The number of sulfone groups is 1. The first kappa shape index (κ1) is 17.5. The molecule has 2 aromatic rings. The fourth-order valence-electron chi connectivity index (χ4n) is 2.35. The molecule has 0 spiro atoms. The Morgan fingerprint density at radius 1 is 1.33 bits per heavy atom. The van der Waals surface area contributed by atoms with E-state index in [1.807, 2.05) is 31.2 Å². The summed E-state index contributed by atoms with van der Waals surface area (Å²) in [6, 6.07) is 7.41. The number of ether oxygens (including phenoxy) is 2. The Hall–Kier alpha value is -1.28. The molecule has 0 unspecified atom stereocenters. The van der Waals surface area contributed by atoms with Crippen LogP contribution in [-0.4, -0.2) is 38.7 Å². The minimum absolute atomic E-state index is 0.0101. The van der Waals surface area contributed by atoms with Gasteiger partial charge in [-0.25, -0.2) is 13.4 Å². The van der Waals surface area contributed by atoms with Crippen molar-refractivity contribution in [3.63, 3.8) is 0 Å². The van der Waals surface area contributed by atoms with Crippen LogP contribution in [-0.2, 0) is 19.3 Å². The minimum atomic E-state index is -3.46. The summed E-state index contributed by atoms with van der Waals surface area (Å²) in [7, 11) is -3.46. The molecule has 1 saturated heterocycles. The molecule has 24 heavy (non-hydrogen) atoms. The van der Waals surface area contributed by atoms with Crippen LogP contribution in [0.4, 0.5) is 0 Å². The zero-order chi connectivity index (χ0) is 17.4. The summed E-state index contributed by atoms with van der Waals surface area (Å²) in [6.07, 6.45) is 1.19. The smallest absolute Gasteiger partial charge is 0.210 e. The van der Waals surface area contributed by atoms with Crippen LogP contribution in [0.5, 0.6) is 0 Å². The summed E-state index contributed by atoms with van der Waals surface area (Å²) in [5.74, 6) is -0.106. The van der Waals surface area contributed by atoms with Crippen LogP contribution in [0.1, 0.15) is 20.8 Å². The number of aromatic nitrogens is 1. The molecule has 7 heteroatoms. The summed E-state index contributed by atoms with van der Waals surface area (Å²) in [6.45, 7) is 7.15. The van der Waals surface area contributed by atoms with Crippen LogP contribution in [0.25, 0.3) is 10.2 Å². The quantitative estimate of drug-likeness (QED) is 0.775. The highest BCUT2D eigenvalue weighted by Gasteiger charge is 2.29. The van der Waals surface area contributed by atoms with Crippen molar-refractivity contribution in [2.24, 2.45) is 5.41 Å². The number of rotatable bonds is 4. The van der Waals surface area contributed by atoms with Gasteiger partial charge in [0.1, 0.15) is 0 Å². The first-order valence-electron chi connectivity index (χ1n) is 7.75. The molecular weight excluding hydrogens is 346 g/mol. The molecule has 0 bridgehead atoms. The normalized spacial score (nSPS) is 19.7. The molecule has 0 radical (unpaired) electrons. The Labute approximate surface area is 146 Å². The van der Waals surface area contributed by atoms with Crippen LogP contribution < -0.4 is 0 Å². The van der Waals surface area contributed by atoms with Crippen LogP contribution in [0.2, 0.25) is 0 Å². The Kier molecular flexibility index (Phi) is 4.79. The maximum atomic E-state index is 12.5. The first-order chi connectivity index (χ1) is 11.3. The maximum Gasteiger partial charge on any atom is 0.210 e. The summed E-state index contributed by atoms with van der Waals surface area (Å²) < 4.78 is 37.4. The standard InChI is InChI=1S/C17H21NO4S2/c1-12(15-21-10-17(2,3)11-22-15)8-9-24(19,20)16-18-13-6-4-5-7-14(13)23-16/h4-8,15H,9-11H2,1-3H3/b12-8+. The third-order valence-corrected chi connectivity index (χ3v) is 6.86. The third-order valence-electron chi connectivity index (χ3n) is 3.79. The van der Waals surface area contributed by atoms with Gasteiger partial charge >= 0.3 is 0 Å². The van der Waals surface area contributed by atoms with Gasteiger partial charge in [-0.2, -0.15) is 0 Å². The highest BCUT2D eigenvalue weighted by atomic mass is 32.2. The predicted octanol–water partition coefficient (Wildman–Crippen LogP) is 3.42. The summed E-state index contributed by atoms with van der Waals surface area (Å²) in [4.78, 5) is 4.23. The molecule has 0 amide bonds. The lowest BCUT2D eigenvalue weighted by Crippen LogP contribution is -2.38. The van der Waals surface area contributed by atoms with Gasteiger partial charge < -0.3 is 9.47 Å². The summed E-state index contributed by atoms with van der Waals surface area (Å²) >= 11 is 1.20. The molecule has 1 aliphatic heterocycles. The van der Waals surface area contributed by atoms with Gasteiger partial charge in [0.2, 0.25) is 14.2 Å². The van der Waals surface area contributed by atoms with E-state index in [1.165, 1.54) is 11.3 Å². The van der Waals surface area contributed by atoms with Crippen molar-refractivity contribution >= 4 is 31.4 Å². The lowest BCUT2D eigenvalue weighted by Gasteiger charge is -2.34. The zero-order valence-corrected chi connectivity index (χ0v) is 15.6. The van der Waals surface area contributed by atoms with Gasteiger partial charge in [0.25, 0.3) is 0 Å². The van der Waals surface area contributed by atoms with Crippen LogP contribution >= 0.6 is 11.3 Å². The van der Waals surface area contributed by atoms with Gasteiger partial charge in [0.15, 0.2) is 6.29 Å². The lowest BCUT2D eigenvalue weighted by atomic mass is 9.95. The topological polar surface area (TPSA) is 65.5 Å². The summed E-state index contributed by atoms with van der Waals surface area (Å²) in [5.41, 5.74) is 1.47. The van der Waals surface area contributed by atoms with E-state index in [9.17, 15) is 8.42 Å². The molecular formula is C17H21NO4S2. The van der Waals surface area contributed by atoms with Crippen molar-refractivity contribution in [2.75, 3.05) is 19.0 Å². The second-order valence-electron chi connectivity index (χ2n) is 6.80. The highest BCUT2D eigenvalue weighted by Crippen LogP contribution is 2.28. The third kappa shape index (κ3) is 3.85. The van der Waals surface area contributed by atoms with Crippen LogP contribution in [0.15, 0.2) is 40.3 Å². The number of hydrogen-bond acceptors (Lipinski definition) is 6.